The van der Waals surface area contributed by atoms with Gasteiger partial charge in [-0.3, -0.25) is 10.1 Å². The Morgan fingerprint density at radius 1 is 1.23 bits per heavy atom. The summed E-state index contributed by atoms with van der Waals surface area (Å²) in [5, 5.41) is 4.33. The van der Waals surface area contributed by atoms with Gasteiger partial charge in [0.2, 0.25) is 0 Å². The molecule has 2 aromatic carbocycles. The minimum Gasteiger partial charge on any atom is -0.484 e. The fraction of sp³-hybridized carbons (Fsp3) is 0.158. The second-order valence-electron chi connectivity index (χ2n) is 5.67. The number of thiazole rings is 1. The van der Waals surface area contributed by atoms with Crippen molar-refractivity contribution >= 4 is 45.6 Å². The van der Waals surface area contributed by atoms with Crippen molar-refractivity contribution in [2.24, 2.45) is 0 Å². The molecule has 26 heavy (non-hydrogen) atoms. The van der Waals surface area contributed by atoms with Gasteiger partial charge in [0.1, 0.15) is 5.75 Å². The number of hydrogen-bond acceptors (Lipinski definition) is 4. The van der Waals surface area contributed by atoms with E-state index in [0.717, 1.165) is 16.0 Å². The summed E-state index contributed by atoms with van der Waals surface area (Å²) in [4.78, 5) is 17.2. The Morgan fingerprint density at radius 2 is 2.04 bits per heavy atom. The monoisotopic (exact) mass is 406 g/mol. The summed E-state index contributed by atoms with van der Waals surface area (Å²) in [7, 11) is 0. The second-order valence-corrected chi connectivity index (χ2v) is 7.58. The van der Waals surface area contributed by atoms with Crippen molar-refractivity contribution in [1.82, 2.24) is 4.98 Å². The van der Waals surface area contributed by atoms with Gasteiger partial charge in [0.25, 0.3) is 5.91 Å². The second kappa shape index (κ2) is 8.54. The Bertz CT molecular complexity index is 927. The molecule has 1 N–H and O–H groups in total. The highest BCUT2D eigenvalue weighted by Crippen LogP contribution is 2.29. The zero-order valence-corrected chi connectivity index (χ0v) is 16.3. The summed E-state index contributed by atoms with van der Waals surface area (Å²) in [6, 6.07) is 13.1. The van der Waals surface area contributed by atoms with Crippen LogP contribution >= 0.6 is 34.5 Å². The molecule has 7 heteroatoms. The van der Waals surface area contributed by atoms with E-state index in [1.807, 2.05) is 43.3 Å². The maximum Gasteiger partial charge on any atom is 0.264 e. The maximum atomic E-state index is 12.0. The van der Waals surface area contributed by atoms with Crippen LogP contribution in [0, 0.1) is 6.92 Å². The number of aryl methyl sites for hydroxylation is 1. The van der Waals surface area contributed by atoms with Gasteiger partial charge in [0, 0.05) is 17.5 Å². The number of aromatic nitrogens is 1. The molecule has 4 nitrogen and oxygen atoms in total. The lowest BCUT2D eigenvalue weighted by Gasteiger charge is -2.06. The van der Waals surface area contributed by atoms with Gasteiger partial charge in [-0.1, -0.05) is 47.5 Å². The molecule has 1 aromatic heterocycles. The average Bonchev–Trinajstić information content (AvgIpc) is 3.04. The number of halogens is 2. The van der Waals surface area contributed by atoms with Gasteiger partial charge in [-0.05, 0) is 36.2 Å². The van der Waals surface area contributed by atoms with Crippen LogP contribution in [0.5, 0.6) is 5.75 Å². The molecule has 1 amide bonds. The first-order valence-electron chi connectivity index (χ1n) is 7.88. The summed E-state index contributed by atoms with van der Waals surface area (Å²) in [5.41, 5.74) is 2.00. The highest BCUT2D eigenvalue weighted by molar-refractivity contribution is 7.15. The van der Waals surface area contributed by atoms with Crippen molar-refractivity contribution in [3.63, 3.8) is 0 Å². The Morgan fingerprint density at radius 3 is 2.85 bits per heavy atom. The van der Waals surface area contributed by atoms with Crippen LogP contribution in [-0.4, -0.2) is 17.5 Å². The molecule has 0 aliphatic carbocycles. The Labute approximate surface area is 165 Å². The fourth-order valence-electron chi connectivity index (χ4n) is 2.33. The van der Waals surface area contributed by atoms with Gasteiger partial charge in [0.05, 0.1) is 10.0 Å². The number of carbonyl (C=O) groups is 1. The fourth-order valence-corrected chi connectivity index (χ4v) is 3.57. The van der Waals surface area contributed by atoms with E-state index >= 15 is 0 Å². The molecule has 0 spiro atoms. The third-order valence-corrected chi connectivity index (χ3v) is 5.33. The molecule has 0 atom stereocenters. The molecule has 3 aromatic rings. The van der Waals surface area contributed by atoms with Crippen LogP contribution in [0.3, 0.4) is 0 Å². The maximum absolute atomic E-state index is 12.0. The van der Waals surface area contributed by atoms with Gasteiger partial charge in [-0.15, -0.1) is 11.3 Å². The Hall–Kier alpha value is -2.08. The lowest BCUT2D eigenvalue weighted by molar-refractivity contribution is -0.118. The first kappa shape index (κ1) is 18.7. The first-order chi connectivity index (χ1) is 12.5. The molecular formula is C19H16Cl2N2O2S. The van der Waals surface area contributed by atoms with Crippen LogP contribution < -0.4 is 10.1 Å². The molecular weight excluding hydrogens is 391 g/mol. The van der Waals surface area contributed by atoms with Gasteiger partial charge in [-0.2, -0.15) is 0 Å². The lowest BCUT2D eigenvalue weighted by Crippen LogP contribution is -2.19. The van der Waals surface area contributed by atoms with E-state index in [9.17, 15) is 4.79 Å². The summed E-state index contributed by atoms with van der Waals surface area (Å²) >= 11 is 13.6. The van der Waals surface area contributed by atoms with Crippen LogP contribution in [0.4, 0.5) is 5.13 Å². The van der Waals surface area contributed by atoms with E-state index in [4.69, 9.17) is 27.9 Å². The highest BCUT2D eigenvalue weighted by atomic mass is 35.5. The lowest BCUT2D eigenvalue weighted by atomic mass is 10.1. The highest BCUT2D eigenvalue weighted by Gasteiger charge is 2.10. The quantitative estimate of drug-likeness (QED) is 0.598. The third kappa shape index (κ3) is 4.97. The minimum absolute atomic E-state index is 0.0709. The Balaban J connectivity index is 1.56. The van der Waals surface area contributed by atoms with Crippen molar-refractivity contribution in [2.75, 3.05) is 11.9 Å². The molecule has 0 radical (unpaired) electrons. The summed E-state index contributed by atoms with van der Waals surface area (Å²) < 4.78 is 5.48. The van der Waals surface area contributed by atoms with Crippen molar-refractivity contribution < 1.29 is 9.53 Å². The van der Waals surface area contributed by atoms with E-state index < -0.39 is 0 Å². The van der Waals surface area contributed by atoms with Crippen LogP contribution in [0.1, 0.15) is 16.0 Å². The van der Waals surface area contributed by atoms with Crippen molar-refractivity contribution in [3.05, 3.63) is 74.7 Å². The van der Waals surface area contributed by atoms with Gasteiger partial charge in [-0.25, -0.2) is 4.98 Å². The molecule has 0 aliphatic heterocycles. The number of ether oxygens (including phenoxy) is 1. The van der Waals surface area contributed by atoms with Gasteiger partial charge >= 0.3 is 0 Å². The van der Waals surface area contributed by atoms with Gasteiger partial charge in [0.15, 0.2) is 11.7 Å². The number of anilines is 1. The first-order valence-corrected chi connectivity index (χ1v) is 9.45. The van der Waals surface area contributed by atoms with Crippen LogP contribution in [-0.2, 0) is 11.2 Å². The molecule has 1 heterocycles. The van der Waals surface area contributed by atoms with Crippen molar-refractivity contribution in [2.45, 2.75) is 13.3 Å². The molecule has 0 fully saturated rings. The van der Waals surface area contributed by atoms with E-state index in [0.29, 0.717) is 27.3 Å². The number of amides is 1. The summed E-state index contributed by atoms with van der Waals surface area (Å²) in [6.07, 6.45) is 2.33. The summed E-state index contributed by atoms with van der Waals surface area (Å²) in [5.74, 6) is 0.406. The average molecular weight is 407 g/mol. The summed E-state index contributed by atoms with van der Waals surface area (Å²) in [6.45, 7) is 1.90. The number of benzene rings is 2. The number of rotatable bonds is 6. The smallest absolute Gasteiger partial charge is 0.264 e. The SMILES string of the molecule is Cc1cccc(OCC(=O)Nc2ncc(Cc3cccc(Cl)c3Cl)s2)c1. The van der Waals surface area contributed by atoms with Crippen molar-refractivity contribution in [1.29, 1.82) is 0 Å². The number of hydrogen-bond donors (Lipinski definition) is 1. The normalized spacial score (nSPS) is 10.6. The molecule has 0 saturated heterocycles. The largest absolute Gasteiger partial charge is 0.484 e. The molecule has 3 rings (SSSR count). The van der Waals surface area contributed by atoms with E-state index in [2.05, 4.69) is 10.3 Å². The topological polar surface area (TPSA) is 51.2 Å². The van der Waals surface area contributed by atoms with Crippen LogP contribution in [0.25, 0.3) is 0 Å². The predicted molar refractivity (Wildman–Crippen MR) is 107 cm³/mol. The third-order valence-electron chi connectivity index (χ3n) is 3.56. The predicted octanol–water partition coefficient (Wildman–Crippen LogP) is 5.37. The van der Waals surface area contributed by atoms with Gasteiger partial charge < -0.3 is 4.74 Å². The Kier molecular flexibility index (Phi) is 6.14. The van der Waals surface area contributed by atoms with E-state index in [1.54, 1.807) is 12.3 Å². The zero-order valence-electron chi connectivity index (χ0n) is 14.0. The molecule has 0 unspecified atom stereocenters. The number of nitrogens with one attached hydrogen (secondary N) is 1. The molecule has 0 bridgehead atoms. The van der Waals surface area contributed by atoms with Crippen molar-refractivity contribution in [3.8, 4) is 5.75 Å². The minimum atomic E-state index is -0.256. The standard InChI is InChI=1S/C19H16Cl2N2O2S/c1-12-4-2-6-14(8-12)25-11-17(24)23-19-22-10-15(26-19)9-13-5-3-7-16(20)18(13)21/h2-8,10H,9,11H2,1H3,(H,22,23,24). The van der Waals surface area contributed by atoms with E-state index in [-0.39, 0.29) is 12.5 Å². The number of carbonyl (C=O) groups excluding carboxylic acids is 1. The molecule has 0 saturated carbocycles. The molecule has 0 aliphatic rings. The number of nitrogens with zero attached hydrogens (tertiary/aromatic N) is 1. The van der Waals surface area contributed by atoms with Crippen LogP contribution in [0.15, 0.2) is 48.7 Å². The van der Waals surface area contributed by atoms with E-state index in [1.165, 1.54) is 11.3 Å². The zero-order chi connectivity index (χ0) is 18.5. The van der Waals surface area contributed by atoms with Crippen LogP contribution in [0.2, 0.25) is 10.0 Å². The molecule has 134 valence electrons.